The molecule has 0 aliphatic carbocycles. The summed E-state index contributed by atoms with van der Waals surface area (Å²) in [6.45, 7) is 2.81. The number of aryl methyl sites for hydroxylation is 2. The smallest absolute Gasteiger partial charge is 0.327 e. The molecule has 8 heteroatoms. The Labute approximate surface area is 173 Å². The van der Waals surface area contributed by atoms with Gasteiger partial charge in [0.05, 0.1) is 22.6 Å². The second kappa shape index (κ2) is 8.45. The van der Waals surface area contributed by atoms with Crippen molar-refractivity contribution in [2.75, 3.05) is 16.8 Å². The number of anilines is 2. The van der Waals surface area contributed by atoms with E-state index in [1.54, 1.807) is 29.6 Å². The topological polar surface area (TPSA) is 80.2 Å². The number of halogens is 1. The number of urea groups is 1. The van der Waals surface area contributed by atoms with E-state index in [0.29, 0.717) is 35.6 Å². The highest BCUT2D eigenvalue weighted by atomic mass is 35.5. The lowest BCUT2D eigenvalue weighted by Gasteiger charge is -2.28. The Balaban J connectivity index is 1.53. The normalized spacial score (nSPS) is 13.0. The van der Waals surface area contributed by atoms with Gasteiger partial charge in [0.25, 0.3) is 0 Å². The van der Waals surface area contributed by atoms with Crippen LogP contribution in [-0.4, -0.2) is 27.5 Å². The lowest BCUT2D eigenvalue weighted by Crippen LogP contribution is -2.39. The van der Waals surface area contributed by atoms with E-state index >= 15 is 0 Å². The standard InChI is InChI=1S/C21H20ClN5O2/c1-14-6-7-16(22)18(10-14)25-21(28)27-9-3-5-17-20(27)26-19(12-24-17)29-13-15-4-2-8-23-11-15/h2,4,6-8,10-12H,3,5,9,13H2,1H3,(H,25,28). The number of nitrogens with one attached hydrogen (secondary N) is 1. The minimum atomic E-state index is -0.294. The molecule has 0 saturated carbocycles. The Kier molecular flexibility index (Phi) is 5.57. The van der Waals surface area contributed by atoms with Crippen molar-refractivity contribution in [1.82, 2.24) is 15.0 Å². The van der Waals surface area contributed by atoms with E-state index < -0.39 is 0 Å². The van der Waals surface area contributed by atoms with Crippen molar-refractivity contribution < 1.29 is 9.53 Å². The zero-order chi connectivity index (χ0) is 20.2. The van der Waals surface area contributed by atoms with Crippen LogP contribution in [0.1, 0.15) is 23.2 Å². The fraction of sp³-hybridized carbons (Fsp3) is 0.238. The van der Waals surface area contributed by atoms with Crippen LogP contribution in [0.3, 0.4) is 0 Å². The first-order valence-corrected chi connectivity index (χ1v) is 9.70. The molecular formula is C21H20ClN5O2. The summed E-state index contributed by atoms with van der Waals surface area (Å²) < 4.78 is 5.75. The zero-order valence-electron chi connectivity index (χ0n) is 15.9. The quantitative estimate of drug-likeness (QED) is 0.690. The SMILES string of the molecule is Cc1ccc(Cl)c(NC(=O)N2CCCc3ncc(OCc4cccnc4)nc32)c1. The van der Waals surface area contributed by atoms with Gasteiger partial charge in [-0.15, -0.1) is 0 Å². The molecule has 0 saturated heterocycles. The number of nitrogens with zero attached hydrogens (tertiary/aromatic N) is 4. The summed E-state index contributed by atoms with van der Waals surface area (Å²) in [4.78, 5) is 27.6. The van der Waals surface area contributed by atoms with Crippen LogP contribution < -0.4 is 15.0 Å². The van der Waals surface area contributed by atoms with E-state index in [9.17, 15) is 4.79 Å². The molecule has 2 aromatic heterocycles. The zero-order valence-corrected chi connectivity index (χ0v) is 16.7. The molecule has 1 aromatic carbocycles. The first kappa shape index (κ1) is 19.1. The fourth-order valence-electron chi connectivity index (χ4n) is 3.12. The van der Waals surface area contributed by atoms with E-state index in [0.717, 1.165) is 29.7 Å². The van der Waals surface area contributed by atoms with Crippen molar-refractivity contribution in [2.24, 2.45) is 0 Å². The lowest BCUT2D eigenvalue weighted by atomic mass is 10.1. The molecule has 0 radical (unpaired) electrons. The van der Waals surface area contributed by atoms with Crippen LogP contribution in [0, 0.1) is 6.92 Å². The van der Waals surface area contributed by atoms with Gasteiger partial charge < -0.3 is 10.1 Å². The Bertz CT molecular complexity index is 1030. The summed E-state index contributed by atoms with van der Waals surface area (Å²) >= 11 is 6.22. The largest absolute Gasteiger partial charge is 0.472 e. The third kappa shape index (κ3) is 4.46. The molecule has 3 heterocycles. The summed E-state index contributed by atoms with van der Waals surface area (Å²) in [6.07, 6.45) is 6.61. The van der Waals surface area contributed by atoms with Crippen molar-refractivity contribution in [1.29, 1.82) is 0 Å². The van der Waals surface area contributed by atoms with Gasteiger partial charge in [0.15, 0.2) is 5.82 Å². The summed E-state index contributed by atoms with van der Waals surface area (Å²) in [6, 6.07) is 8.97. The van der Waals surface area contributed by atoms with Gasteiger partial charge in [-0.1, -0.05) is 23.7 Å². The monoisotopic (exact) mass is 409 g/mol. The predicted octanol–water partition coefficient (Wildman–Crippen LogP) is 4.40. The molecule has 1 N–H and O–H groups in total. The first-order chi connectivity index (χ1) is 14.1. The molecule has 0 unspecified atom stereocenters. The highest BCUT2D eigenvalue weighted by Crippen LogP contribution is 2.28. The summed E-state index contributed by atoms with van der Waals surface area (Å²) in [7, 11) is 0. The maximum Gasteiger partial charge on any atom is 0.327 e. The minimum Gasteiger partial charge on any atom is -0.472 e. The van der Waals surface area contributed by atoms with Gasteiger partial charge in [-0.3, -0.25) is 14.9 Å². The maximum atomic E-state index is 12.9. The second-order valence-electron chi connectivity index (χ2n) is 6.80. The van der Waals surface area contributed by atoms with E-state index in [4.69, 9.17) is 16.3 Å². The average Bonchev–Trinajstić information content (AvgIpc) is 2.75. The third-order valence-electron chi connectivity index (χ3n) is 4.57. The van der Waals surface area contributed by atoms with E-state index in [1.807, 2.05) is 31.2 Å². The molecule has 4 rings (SSSR count). The number of benzene rings is 1. The van der Waals surface area contributed by atoms with Crippen molar-refractivity contribution in [3.63, 3.8) is 0 Å². The maximum absolute atomic E-state index is 12.9. The molecule has 29 heavy (non-hydrogen) atoms. The molecule has 0 atom stereocenters. The first-order valence-electron chi connectivity index (χ1n) is 9.32. The number of fused-ring (bicyclic) bond motifs is 1. The van der Waals surface area contributed by atoms with E-state index in [1.165, 1.54) is 0 Å². The Morgan fingerprint density at radius 3 is 3.03 bits per heavy atom. The molecule has 0 fully saturated rings. The number of amides is 2. The van der Waals surface area contributed by atoms with Crippen molar-refractivity contribution in [3.8, 4) is 5.88 Å². The Morgan fingerprint density at radius 1 is 1.31 bits per heavy atom. The molecule has 2 amide bonds. The molecule has 1 aliphatic heterocycles. The van der Waals surface area contributed by atoms with Crippen LogP contribution in [0.15, 0.2) is 48.9 Å². The molecule has 0 spiro atoms. The number of carbonyl (C=O) groups excluding carboxylic acids is 1. The van der Waals surface area contributed by atoms with Crippen LogP contribution in [-0.2, 0) is 13.0 Å². The van der Waals surface area contributed by atoms with Gasteiger partial charge in [0.2, 0.25) is 5.88 Å². The number of ether oxygens (including phenoxy) is 1. The number of carbonyl (C=O) groups is 1. The number of rotatable bonds is 4. The van der Waals surface area contributed by atoms with Crippen molar-refractivity contribution in [2.45, 2.75) is 26.4 Å². The second-order valence-corrected chi connectivity index (χ2v) is 7.20. The van der Waals surface area contributed by atoms with E-state index in [2.05, 4.69) is 20.3 Å². The van der Waals surface area contributed by atoms with E-state index in [-0.39, 0.29) is 6.03 Å². The van der Waals surface area contributed by atoms with Crippen LogP contribution >= 0.6 is 11.6 Å². The minimum absolute atomic E-state index is 0.294. The van der Waals surface area contributed by atoms with Crippen molar-refractivity contribution in [3.05, 3.63) is 70.8 Å². The van der Waals surface area contributed by atoms with Crippen molar-refractivity contribution >= 4 is 29.1 Å². The Morgan fingerprint density at radius 2 is 2.21 bits per heavy atom. The van der Waals surface area contributed by atoms with Crippen LogP contribution in [0.25, 0.3) is 0 Å². The summed E-state index contributed by atoms with van der Waals surface area (Å²) in [5.41, 5.74) is 3.28. The molecule has 148 valence electrons. The molecular weight excluding hydrogens is 390 g/mol. The van der Waals surface area contributed by atoms with Crippen LogP contribution in [0.4, 0.5) is 16.3 Å². The number of aromatic nitrogens is 3. The molecule has 0 bridgehead atoms. The number of pyridine rings is 1. The van der Waals surface area contributed by atoms with Gasteiger partial charge >= 0.3 is 6.03 Å². The van der Waals surface area contributed by atoms with Gasteiger partial charge in [-0.25, -0.2) is 4.79 Å². The highest BCUT2D eigenvalue weighted by Gasteiger charge is 2.26. The lowest BCUT2D eigenvalue weighted by molar-refractivity contribution is 0.256. The van der Waals surface area contributed by atoms with Gasteiger partial charge in [0, 0.05) is 24.5 Å². The predicted molar refractivity (Wildman–Crippen MR) is 111 cm³/mol. The fourth-order valence-corrected chi connectivity index (χ4v) is 3.28. The highest BCUT2D eigenvalue weighted by molar-refractivity contribution is 6.33. The summed E-state index contributed by atoms with van der Waals surface area (Å²) in [5.74, 6) is 0.877. The Hall–Kier alpha value is -3.19. The molecule has 7 nitrogen and oxygen atoms in total. The summed E-state index contributed by atoms with van der Waals surface area (Å²) in [5, 5.41) is 3.36. The third-order valence-corrected chi connectivity index (χ3v) is 4.90. The molecule has 3 aromatic rings. The van der Waals surface area contributed by atoms with Gasteiger partial charge in [-0.05, 0) is 43.5 Å². The number of hydrogen-bond donors (Lipinski definition) is 1. The average molecular weight is 410 g/mol. The number of hydrogen-bond acceptors (Lipinski definition) is 5. The molecule has 1 aliphatic rings. The van der Waals surface area contributed by atoms with Crippen LogP contribution in [0.2, 0.25) is 5.02 Å². The van der Waals surface area contributed by atoms with Crippen LogP contribution in [0.5, 0.6) is 5.88 Å². The van der Waals surface area contributed by atoms with Gasteiger partial charge in [-0.2, -0.15) is 4.98 Å². The van der Waals surface area contributed by atoms with Gasteiger partial charge in [0.1, 0.15) is 6.61 Å².